The summed E-state index contributed by atoms with van der Waals surface area (Å²) in [6, 6.07) is 0. The number of rotatable bonds is 5. The monoisotopic (exact) mass is 315 g/mol. The summed E-state index contributed by atoms with van der Waals surface area (Å²) in [5.41, 5.74) is -1.29. The van der Waals surface area contributed by atoms with E-state index < -0.39 is 23.4 Å². The third kappa shape index (κ3) is 5.57. The van der Waals surface area contributed by atoms with Gasteiger partial charge in [-0.3, -0.25) is 10.1 Å². The number of aliphatic carboxylic acids is 1. The van der Waals surface area contributed by atoms with Crippen molar-refractivity contribution in [3.8, 4) is 0 Å². The number of thiazole rings is 1. The molecule has 0 spiro atoms. The molecule has 0 aliphatic rings. The fourth-order valence-corrected chi connectivity index (χ4v) is 1.78. The standard InChI is InChI=1S/C11H13N3O6S/c1-11(2,3)20-10(18)13-9-12-6(4-21-9)7(8(16)17)14-19-5-15/h4-5H,1-3H3,(H,16,17)(H,12,13,18). The van der Waals surface area contributed by atoms with Gasteiger partial charge in [0, 0.05) is 5.38 Å². The van der Waals surface area contributed by atoms with Gasteiger partial charge in [0.15, 0.2) is 5.13 Å². The van der Waals surface area contributed by atoms with Gasteiger partial charge in [-0.15, -0.1) is 11.3 Å². The average Bonchev–Trinajstić information content (AvgIpc) is 2.74. The third-order valence-corrected chi connectivity index (χ3v) is 2.50. The first-order valence-electron chi connectivity index (χ1n) is 5.59. The molecular weight excluding hydrogens is 302 g/mol. The highest BCUT2D eigenvalue weighted by Gasteiger charge is 2.20. The molecule has 0 saturated carbocycles. The van der Waals surface area contributed by atoms with E-state index in [0.717, 1.165) is 11.3 Å². The lowest BCUT2D eigenvalue weighted by Gasteiger charge is -2.18. The second-order valence-corrected chi connectivity index (χ2v) is 5.47. The van der Waals surface area contributed by atoms with Crippen molar-refractivity contribution in [1.82, 2.24) is 4.98 Å². The molecule has 0 aliphatic carbocycles. The van der Waals surface area contributed by atoms with Gasteiger partial charge in [0.2, 0.25) is 5.71 Å². The lowest BCUT2D eigenvalue weighted by Crippen LogP contribution is -2.27. The quantitative estimate of drug-likeness (QED) is 0.364. The Morgan fingerprint density at radius 1 is 1.48 bits per heavy atom. The molecule has 0 unspecified atom stereocenters. The van der Waals surface area contributed by atoms with E-state index in [9.17, 15) is 14.4 Å². The second kappa shape index (κ2) is 6.79. The minimum Gasteiger partial charge on any atom is -0.476 e. The number of oxime groups is 1. The molecule has 10 heteroatoms. The number of amides is 1. The molecule has 1 amide bonds. The van der Waals surface area contributed by atoms with Gasteiger partial charge in [0.05, 0.1) is 0 Å². The first-order valence-corrected chi connectivity index (χ1v) is 6.47. The maximum Gasteiger partial charge on any atom is 0.413 e. The second-order valence-electron chi connectivity index (χ2n) is 4.61. The van der Waals surface area contributed by atoms with E-state index in [-0.39, 0.29) is 17.3 Å². The number of anilines is 1. The summed E-state index contributed by atoms with van der Waals surface area (Å²) in [5, 5.41) is 15.9. The van der Waals surface area contributed by atoms with Gasteiger partial charge >= 0.3 is 18.5 Å². The molecular formula is C11H13N3O6S. The van der Waals surface area contributed by atoms with Crippen LogP contribution in [0.2, 0.25) is 0 Å². The van der Waals surface area contributed by atoms with Gasteiger partial charge in [-0.2, -0.15) is 0 Å². The van der Waals surface area contributed by atoms with E-state index >= 15 is 0 Å². The fourth-order valence-electron chi connectivity index (χ4n) is 1.10. The summed E-state index contributed by atoms with van der Waals surface area (Å²) < 4.78 is 5.02. The molecule has 0 saturated heterocycles. The molecule has 0 bridgehead atoms. The van der Waals surface area contributed by atoms with Gasteiger partial charge in [0.25, 0.3) is 0 Å². The zero-order chi connectivity index (χ0) is 16.0. The minimum atomic E-state index is -1.43. The zero-order valence-electron chi connectivity index (χ0n) is 11.4. The predicted molar refractivity (Wildman–Crippen MR) is 73.3 cm³/mol. The Morgan fingerprint density at radius 3 is 2.67 bits per heavy atom. The number of carbonyl (C=O) groups is 3. The first kappa shape index (κ1) is 16.6. The maximum atomic E-state index is 11.5. The molecule has 2 N–H and O–H groups in total. The molecule has 114 valence electrons. The first-order chi connectivity index (χ1) is 9.73. The van der Waals surface area contributed by atoms with Gasteiger partial charge in [-0.25, -0.2) is 14.6 Å². The van der Waals surface area contributed by atoms with Crippen LogP contribution in [-0.2, 0) is 19.2 Å². The van der Waals surface area contributed by atoms with Crippen LogP contribution in [0.5, 0.6) is 0 Å². The van der Waals surface area contributed by atoms with Crippen LogP contribution >= 0.6 is 11.3 Å². The van der Waals surface area contributed by atoms with Crippen molar-refractivity contribution in [2.24, 2.45) is 5.16 Å². The lowest BCUT2D eigenvalue weighted by molar-refractivity contribution is -0.130. The molecule has 9 nitrogen and oxygen atoms in total. The maximum absolute atomic E-state index is 11.5. The Balaban J connectivity index is 2.83. The molecule has 1 heterocycles. The van der Waals surface area contributed by atoms with Crippen molar-refractivity contribution in [1.29, 1.82) is 0 Å². The fraction of sp³-hybridized carbons (Fsp3) is 0.364. The normalized spacial score (nSPS) is 11.7. The number of aromatic nitrogens is 1. The van der Waals surface area contributed by atoms with Crippen LogP contribution in [0.4, 0.5) is 9.93 Å². The van der Waals surface area contributed by atoms with Crippen molar-refractivity contribution in [2.45, 2.75) is 26.4 Å². The number of nitrogens with one attached hydrogen (secondary N) is 1. The highest BCUT2D eigenvalue weighted by atomic mass is 32.1. The van der Waals surface area contributed by atoms with Gasteiger partial charge in [-0.1, -0.05) is 5.16 Å². The Labute approximate surface area is 123 Å². The zero-order valence-corrected chi connectivity index (χ0v) is 12.3. The van der Waals surface area contributed by atoms with E-state index in [1.54, 1.807) is 20.8 Å². The number of carboxylic acids is 1. The van der Waals surface area contributed by atoms with Crippen molar-refractivity contribution < 1.29 is 29.1 Å². The highest BCUT2D eigenvalue weighted by Crippen LogP contribution is 2.18. The molecule has 0 fully saturated rings. The van der Waals surface area contributed by atoms with Crippen LogP contribution < -0.4 is 5.32 Å². The molecule has 0 radical (unpaired) electrons. The number of carboxylic acid groups (broad SMARTS) is 1. The Hall–Kier alpha value is -2.49. The van der Waals surface area contributed by atoms with E-state index in [0.29, 0.717) is 0 Å². The molecule has 0 atom stereocenters. The van der Waals surface area contributed by atoms with Crippen LogP contribution in [0.3, 0.4) is 0 Å². The Bertz CT molecular complexity index is 575. The predicted octanol–water partition coefficient (Wildman–Crippen LogP) is 1.45. The average molecular weight is 315 g/mol. The topological polar surface area (TPSA) is 127 Å². The van der Waals surface area contributed by atoms with Crippen molar-refractivity contribution >= 4 is 40.7 Å². The lowest BCUT2D eigenvalue weighted by atomic mass is 10.2. The molecule has 1 aromatic rings. The van der Waals surface area contributed by atoms with Crippen molar-refractivity contribution in [2.75, 3.05) is 5.32 Å². The SMILES string of the molecule is CC(C)(C)OC(=O)Nc1nc(C(=NOC=O)C(=O)O)cs1. The van der Waals surface area contributed by atoms with Crippen LogP contribution in [0.1, 0.15) is 26.5 Å². The number of hydrogen-bond acceptors (Lipinski definition) is 8. The van der Waals surface area contributed by atoms with E-state index in [4.69, 9.17) is 9.84 Å². The Morgan fingerprint density at radius 2 is 2.14 bits per heavy atom. The van der Waals surface area contributed by atoms with E-state index in [2.05, 4.69) is 20.3 Å². The molecule has 0 aromatic carbocycles. The molecule has 0 aliphatic heterocycles. The molecule has 21 heavy (non-hydrogen) atoms. The van der Waals surface area contributed by atoms with Crippen LogP contribution in [0.25, 0.3) is 0 Å². The number of carbonyl (C=O) groups excluding carboxylic acids is 2. The largest absolute Gasteiger partial charge is 0.476 e. The summed E-state index contributed by atoms with van der Waals surface area (Å²) in [5.74, 6) is -1.43. The number of hydrogen-bond donors (Lipinski definition) is 2. The molecule has 1 aromatic heterocycles. The highest BCUT2D eigenvalue weighted by molar-refractivity contribution is 7.14. The smallest absolute Gasteiger partial charge is 0.413 e. The van der Waals surface area contributed by atoms with Gasteiger partial charge in [0.1, 0.15) is 11.3 Å². The summed E-state index contributed by atoms with van der Waals surface area (Å²) in [7, 11) is 0. The summed E-state index contributed by atoms with van der Waals surface area (Å²) in [6.45, 7) is 5.08. The minimum absolute atomic E-state index is 0.0187. The van der Waals surface area contributed by atoms with E-state index in [1.165, 1.54) is 5.38 Å². The van der Waals surface area contributed by atoms with Crippen LogP contribution in [-0.4, -0.2) is 39.9 Å². The summed E-state index contributed by atoms with van der Waals surface area (Å²) in [4.78, 5) is 40.4. The van der Waals surface area contributed by atoms with Crippen molar-refractivity contribution in [3.05, 3.63) is 11.1 Å². The van der Waals surface area contributed by atoms with Gasteiger partial charge in [-0.05, 0) is 20.8 Å². The summed E-state index contributed by atoms with van der Waals surface area (Å²) in [6.07, 6.45) is -0.721. The van der Waals surface area contributed by atoms with Crippen molar-refractivity contribution in [3.63, 3.8) is 0 Å². The number of nitrogens with zero attached hydrogens (tertiary/aromatic N) is 2. The van der Waals surface area contributed by atoms with Gasteiger partial charge < -0.3 is 14.7 Å². The van der Waals surface area contributed by atoms with Crippen LogP contribution in [0.15, 0.2) is 10.5 Å². The summed E-state index contributed by atoms with van der Waals surface area (Å²) >= 11 is 0.972. The molecule has 1 rings (SSSR count). The Kier molecular flexibility index (Phi) is 5.36. The van der Waals surface area contributed by atoms with E-state index in [1.807, 2.05) is 0 Å². The number of ether oxygens (including phenoxy) is 1. The third-order valence-electron chi connectivity index (χ3n) is 1.74. The van der Waals surface area contributed by atoms with Crippen LogP contribution in [0, 0.1) is 0 Å².